The highest BCUT2D eigenvalue weighted by molar-refractivity contribution is 7.13. The number of anilines is 1. The van der Waals surface area contributed by atoms with Crippen LogP contribution in [-0.2, 0) is 11.2 Å². The van der Waals surface area contributed by atoms with Crippen molar-refractivity contribution in [2.24, 2.45) is 0 Å². The molecule has 1 aliphatic heterocycles. The van der Waals surface area contributed by atoms with Crippen molar-refractivity contribution in [2.75, 3.05) is 51.1 Å². The van der Waals surface area contributed by atoms with E-state index in [0.29, 0.717) is 29.4 Å². The first-order chi connectivity index (χ1) is 14.5. The van der Waals surface area contributed by atoms with Gasteiger partial charge in [0.05, 0.1) is 0 Å². The molecule has 0 radical (unpaired) electrons. The Morgan fingerprint density at radius 1 is 1.07 bits per heavy atom. The molecular weight excluding hydrogens is 400 g/mol. The van der Waals surface area contributed by atoms with Gasteiger partial charge in [-0.1, -0.05) is 36.0 Å². The van der Waals surface area contributed by atoms with Gasteiger partial charge in [0.2, 0.25) is 10.9 Å². The molecule has 2 heterocycles. The van der Waals surface area contributed by atoms with Gasteiger partial charge in [0, 0.05) is 57.8 Å². The van der Waals surface area contributed by atoms with Crippen LogP contribution in [0.25, 0.3) is 0 Å². The summed E-state index contributed by atoms with van der Waals surface area (Å²) >= 11 is 1.23. The van der Waals surface area contributed by atoms with Gasteiger partial charge in [-0.25, -0.2) is 0 Å². The van der Waals surface area contributed by atoms with Gasteiger partial charge in [-0.05, 0) is 25.6 Å². The molecule has 0 saturated carbocycles. The fourth-order valence-corrected chi connectivity index (χ4v) is 3.99. The second-order valence-electron chi connectivity index (χ2n) is 7.45. The maximum absolute atomic E-state index is 12.3. The van der Waals surface area contributed by atoms with E-state index in [2.05, 4.69) is 37.6 Å². The minimum atomic E-state index is -0.282. The van der Waals surface area contributed by atoms with Crippen LogP contribution in [0, 0.1) is 6.92 Å². The monoisotopic (exact) mass is 430 g/mol. The molecule has 30 heavy (non-hydrogen) atoms. The molecule has 2 N–H and O–H groups in total. The molecule has 0 spiro atoms. The van der Waals surface area contributed by atoms with Gasteiger partial charge < -0.3 is 15.5 Å². The summed E-state index contributed by atoms with van der Waals surface area (Å²) in [4.78, 5) is 29.2. The zero-order valence-corrected chi connectivity index (χ0v) is 18.5. The number of nitrogens with zero attached hydrogens (tertiary/aromatic N) is 4. The number of likely N-dealkylation sites (N-methyl/N-ethyl adjacent to an activating group) is 1. The van der Waals surface area contributed by atoms with Crippen molar-refractivity contribution in [1.29, 1.82) is 0 Å². The molecule has 2 amide bonds. The lowest BCUT2D eigenvalue weighted by atomic mass is 10.2. The number of nitrogens with one attached hydrogen (secondary N) is 2. The molecule has 0 aliphatic carbocycles. The predicted octanol–water partition coefficient (Wildman–Crippen LogP) is 1.79. The number of rotatable bonds is 9. The Morgan fingerprint density at radius 2 is 1.77 bits per heavy atom. The lowest BCUT2D eigenvalue weighted by molar-refractivity contribution is -0.121. The summed E-state index contributed by atoms with van der Waals surface area (Å²) in [6.45, 7) is 11.1. The lowest BCUT2D eigenvalue weighted by Gasteiger charge is -2.33. The first-order valence-corrected chi connectivity index (χ1v) is 11.3. The van der Waals surface area contributed by atoms with E-state index < -0.39 is 0 Å². The Balaban J connectivity index is 1.35. The average molecular weight is 431 g/mol. The summed E-state index contributed by atoms with van der Waals surface area (Å²) in [6, 6.07) is 7.57. The normalized spacial score (nSPS) is 15.1. The molecule has 3 rings (SSSR count). The Morgan fingerprint density at radius 3 is 2.47 bits per heavy atom. The molecule has 1 aliphatic rings. The predicted molar refractivity (Wildman–Crippen MR) is 119 cm³/mol. The summed E-state index contributed by atoms with van der Waals surface area (Å²) in [6.07, 6.45) is 0.828. The average Bonchev–Trinajstić information content (AvgIpc) is 3.24. The van der Waals surface area contributed by atoms with Crippen molar-refractivity contribution in [1.82, 2.24) is 25.3 Å². The number of hydrogen-bond acceptors (Lipinski definition) is 7. The van der Waals surface area contributed by atoms with Crippen LogP contribution in [-0.4, -0.2) is 77.6 Å². The minimum Gasteiger partial charge on any atom is -0.355 e. The molecule has 0 bridgehead atoms. The van der Waals surface area contributed by atoms with E-state index in [1.54, 1.807) is 0 Å². The quantitative estimate of drug-likeness (QED) is 0.630. The zero-order valence-electron chi connectivity index (χ0n) is 17.7. The van der Waals surface area contributed by atoms with E-state index in [9.17, 15) is 9.59 Å². The highest BCUT2D eigenvalue weighted by Gasteiger charge is 2.16. The molecule has 2 aromatic rings. The van der Waals surface area contributed by atoms with Gasteiger partial charge in [-0.3, -0.25) is 14.5 Å². The third-order valence-corrected chi connectivity index (χ3v) is 6.18. The van der Waals surface area contributed by atoms with Crippen molar-refractivity contribution >= 4 is 28.8 Å². The number of benzene rings is 1. The molecule has 162 valence electrons. The van der Waals surface area contributed by atoms with E-state index in [1.165, 1.54) is 11.3 Å². The topological polar surface area (TPSA) is 90.5 Å². The van der Waals surface area contributed by atoms with Gasteiger partial charge in [0.15, 0.2) is 0 Å². The van der Waals surface area contributed by atoms with Crippen LogP contribution in [0.1, 0.15) is 33.7 Å². The maximum atomic E-state index is 12.3. The van der Waals surface area contributed by atoms with Crippen molar-refractivity contribution in [2.45, 2.75) is 26.7 Å². The second kappa shape index (κ2) is 11.1. The highest BCUT2D eigenvalue weighted by atomic mass is 32.1. The summed E-state index contributed by atoms with van der Waals surface area (Å²) in [5.74, 6) is -0.279. The standard InChI is InChI=1S/C21H30N6O2S/c1-3-26-12-14-27(15-13-26)11-10-22-18(28)8-9-19-24-25-21(30-19)20(29)23-17-6-4-16(2)5-7-17/h4-7H,3,8-15H2,1-2H3,(H,22,28)(H,23,29). The van der Waals surface area contributed by atoms with Gasteiger partial charge >= 0.3 is 0 Å². The molecule has 1 aromatic heterocycles. The Kier molecular flexibility index (Phi) is 8.30. The summed E-state index contributed by atoms with van der Waals surface area (Å²) in [7, 11) is 0. The van der Waals surface area contributed by atoms with Crippen molar-refractivity contribution in [3.63, 3.8) is 0 Å². The molecule has 0 atom stereocenters. The fraction of sp³-hybridized carbons (Fsp3) is 0.524. The smallest absolute Gasteiger partial charge is 0.286 e. The number of piperazine rings is 1. The first kappa shape index (κ1) is 22.3. The molecule has 1 saturated heterocycles. The number of carbonyl (C=O) groups is 2. The lowest BCUT2D eigenvalue weighted by Crippen LogP contribution is -2.48. The maximum Gasteiger partial charge on any atom is 0.286 e. The third kappa shape index (κ3) is 6.86. The Labute approximate surface area is 181 Å². The summed E-state index contributed by atoms with van der Waals surface area (Å²) < 4.78 is 0. The van der Waals surface area contributed by atoms with E-state index in [-0.39, 0.29) is 11.8 Å². The molecule has 1 fully saturated rings. The van der Waals surface area contributed by atoms with Crippen molar-refractivity contribution in [3.05, 3.63) is 39.8 Å². The van der Waals surface area contributed by atoms with Gasteiger partial charge in [0.1, 0.15) is 5.01 Å². The van der Waals surface area contributed by atoms with Crippen LogP contribution < -0.4 is 10.6 Å². The second-order valence-corrected chi connectivity index (χ2v) is 8.51. The molecule has 0 unspecified atom stereocenters. The molecular formula is C21H30N6O2S. The SMILES string of the molecule is CCN1CCN(CCNC(=O)CCc2nnc(C(=O)Nc3ccc(C)cc3)s2)CC1. The summed E-state index contributed by atoms with van der Waals surface area (Å²) in [5, 5.41) is 14.8. The number of aryl methyl sites for hydroxylation is 2. The van der Waals surface area contributed by atoms with Crippen LogP contribution in [0.4, 0.5) is 5.69 Å². The number of aromatic nitrogens is 2. The van der Waals surface area contributed by atoms with Gasteiger partial charge in [-0.15, -0.1) is 10.2 Å². The van der Waals surface area contributed by atoms with Crippen LogP contribution in [0.15, 0.2) is 24.3 Å². The van der Waals surface area contributed by atoms with E-state index in [4.69, 9.17) is 0 Å². The number of amides is 2. The van der Waals surface area contributed by atoms with E-state index >= 15 is 0 Å². The number of hydrogen-bond donors (Lipinski definition) is 2. The van der Waals surface area contributed by atoms with Gasteiger partial charge in [-0.2, -0.15) is 0 Å². The van der Waals surface area contributed by atoms with Crippen molar-refractivity contribution < 1.29 is 9.59 Å². The largest absolute Gasteiger partial charge is 0.355 e. The van der Waals surface area contributed by atoms with Gasteiger partial charge in [0.25, 0.3) is 5.91 Å². The molecule has 9 heteroatoms. The first-order valence-electron chi connectivity index (χ1n) is 10.5. The summed E-state index contributed by atoms with van der Waals surface area (Å²) in [5.41, 5.74) is 1.85. The molecule has 8 nitrogen and oxygen atoms in total. The van der Waals surface area contributed by atoms with Crippen LogP contribution >= 0.6 is 11.3 Å². The zero-order chi connectivity index (χ0) is 21.3. The third-order valence-electron chi connectivity index (χ3n) is 5.20. The van der Waals surface area contributed by atoms with Crippen LogP contribution in [0.2, 0.25) is 0 Å². The fourth-order valence-electron chi connectivity index (χ4n) is 3.26. The van der Waals surface area contributed by atoms with E-state index in [0.717, 1.165) is 50.5 Å². The van der Waals surface area contributed by atoms with E-state index in [1.807, 2.05) is 31.2 Å². The minimum absolute atomic E-state index is 0.00283. The van der Waals surface area contributed by atoms with Crippen LogP contribution in [0.5, 0.6) is 0 Å². The number of carbonyl (C=O) groups excluding carboxylic acids is 2. The highest BCUT2D eigenvalue weighted by Crippen LogP contribution is 2.15. The molecule has 1 aromatic carbocycles. The Hall–Kier alpha value is -2.36. The Bertz CT molecular complexity index is 830. The van der Waals surface area contributed by atoms with Crippen molar-refractivity contribution in [3.8, 4) is 0 Å². The van der Waals surface area contributed by atoms with Crippen LogP contribution in [0.3, 0.4) is 0 Å².